The summed E-state index contributed by atoms with van der Waals surface area (Å²) in [6.45, 7) is 0. The van der Waals surface area contributed by atoms with Crippen molar-refractivity contribution in [2.24, 2.45) is 0 Å². The zero-order valence-electron chi connectivity index (χ0n) is 10.9. The van der Waals surface area contributed by atoms with Crippen LogP contribution < -0.4 is 5.32 Å². The zero-order valence-corrected chi connectivity index (χ0v) is 10.9. The molecule has 2 atom stereocenters. The van der Waals surface area contributed by atoms with Gasteiger partial charge in [0.25, 0.3) is 5.91 Å². The highest BCUT2D eigenvalue weighted by Crippen LogP contribution is 2.38. The number of benzene rings is 2. The van der Waals surface area contributed by atoms with Crippen LogP contribution in [0.3, 0.4) is 0 Å². The molecule has 0 aliphatic carbocycles. The standard InChI is InChI=1S/C17H15NO2/c19-17(18-12-11-13-7-3-1-4-8-13)16-15(20-16)14-9-5-2-6-10-14/h1-12,15-16H,(H,18,19)/b12-11-/t15-,16-/m0/s1. The normalized spacial score (nSPS) is 20.8. The molecule has 0 saturated carbocycles. The van der Waals surface area contributed by atoms with E-state index in [1.807, 2.05) is 66.7 Å². The Bertz CT molecular complexity index is 607. The number of carbonyl (C=O) groups excluding carboxylic acids is 1. The molecule has 20 heavy (non-hydrogen) atoms. The van der Waals surface area contributed by atoms with E-state index in [1.165, 1.54) is 0 Å². The van der Waals surface area contributed by atoms with E-state index in [0.717, 1.165) is 11.1 Å². The number of carbonyl (C=O) groups is 1. The first-order valence-electron chi connectivity index (χ1n) is 6.57. The van der Waals surface area contributed by atoms with Crippen LogP contribution in [0.2, 0.25) is 0 Å². The minimum absolute atomic E-state index is 0.106. The first kappa shape index (κ1) is 12.6. The fourth-order valence-electron chi connectivity index (χ4n) is 2.07. The van der Waals surface area contributed by atoms with Gasteiger partial charge in [-0.25, -0.2) is 0 Å². The molecule has 0 spiro atoms. The molecule has 3 rings (SSSR count). The van der Waals surface area contributed by atoms with Gasteiger partial charge in [0, 0.05) is 6.20 Å². The predicted molar refractivity (Wildman–Crippen MR) is 77.7 cm³/mol. The quantitative estimate of drug-likeness (QED) is 0.864. The van der Waals surface area contributed by atoms with Crippen LogP contribution in [0.5, 0.6) is 0 Å². The van der Waals surface area contributed by atoms with E-state index >= 15 is 0 Å². The van der Waals surface area contributed by atoms with Crippen LogP contribution in [0.15, 0.2) is 66.9 Å². The lowest BCUT2D eigenvalue weighted by molar-refractivity contribution is -0.121. The van der Waals surface area contributed by atoms with Crippen molar-refractivity contribution in [1.29, 1.82) is 0 Å². The highest BCUT2D eigenvalue weighted by molar-refractivity contribution is 5.85. The molecule has 0 aromatic heterocycles. The number of hydrogen-bond donors (Lipinski definition) is 1. The molecule has 0 unspecified atom stereocenters. The third-order valence-electron chi connectivity index (χ3n) is 3.18. The average molecular weight is 265 g/mol. The fourth-order valence-corrected chi connectivity index (χ4v) is 2.07. The van der Waals surface area contributed by atoms with E-state index in [0.29, 0.717) is 0 Å². The maximum absolute atomic E-state index is 11.9. The van der Waals surface area contributed by atoms with Gasteiger partial charge in [-0.2, -0.15) is 0 Å². The summed E-state index contributed by atoms with van der Waals surface area (Å²) in [4.78, 5) is 11.9. The van der Waals surface area contributed by atoms with E-state index in [4.69, 9.17) is 4.74 Å². The van der Waals surface area contributed by atoms with E-state index in [-0.39, 0.29) is 18.1 Å². The molecule has 2 aromatic rings. The smallest absolute Gasteiger partial charge is 0.256 e. The predicted octanol–water partition coefficient (Wildman–Crippen LogP) is 2.91. The molecule has 3 nitrogen and oxygen atoms in total. The van der Waals surface area contributed by atoms with Crippen LogP contribution in [0, 0.1) is 0 Å². The van der Waals surface area contributed by atoms with Gasteiger partial charge in [0.15, 0.2) is 6.10 Å². The van der Waals surface area contributed by atoms with Gasteiger partial charge in [-0.1, -0.05) is 60.7 Å². The summed E-state index contributed by atoms with van der Waals surface area (Å²) in [7, 11) is 0. The molecule has 1 fully saturated rings. The van der Waals surface area contributed by atoms with Crippen LogP contribution in [0.25, 0.3) is 6.08 Å². The molecule has 1 aliphatic rings. The zero-order chi connectivity index (χ0) is 13.8. The second kappa shape index (κ2) is 5.72. The van der Waals surface area contributed by atoms with Crippen molar-refractivity contribution in [3.8, 4) is 0 Å². The minimum atomic E-state index is -0.377. The van der Waals surface area contributed by atoms with Gasteiger partial charge in [-0.05, 0) is 17.2 Å². The highest BCUT2D eigenvalue weighted by Gasteiger charge is 2.45. The van der Waals surface area contributed by atoms with Crippen LogP contribution in [0.1, 0.15) is 17.2 Å². The molecular weight excluding hydrogens is 250 g/mol. The summed E-state index contributed by atoms with van der Waals surface area (Å²) in [6.07, 6.45) is 3.03. The number of amides is 1. The maximum atomic E-state index is 11.9. The molecule has 1 N–H and O–H groups in total. The lowest BCUT2D eigenvalue weighted by Crippen LogP contribution is -2.23. The Morgan fingerprint density at radius 2 is 1.65 bits per heavy atom. The van der Waals surface area contributed by atoms with Gasteiger partial charge in [0.2, 0.25) is 0 Å². The molecule has 3 heteroatoms. The largest absolute Gasteiger partial charge is 0.354 e. The van der Waals surface area contributed by atoms with Crippen molar-refractivity contribution >= 4 is 12.0 Å². The van der Waals surface area contributed by atoms with E-state index in [1.54, 1.807) is 6.20 Å². The van der Waals surface area contributed by atoms with Crippen molar-refractivity contribution in [3.05, 3.63) is 78.0 Å². The maximum Gasteiger partial charge on any atom is 0.256 e. The molecule has 1 amide bonds. The van der Waals surface area contributed by atoms with Crippen molar-refractivity contribution in [1.82, 2.24) is 5.32 Å². The van der Waals surface area contributed by atoms with Gasteiger partial charge >= 0.3 is 0 Å². The Morgan fingerprint density at radius 3 is 2.35 bits per heavy atom. The van der Waals surface area contributed by atoms with Gasteiger partial charge in [0.05, 0.1) is 0 Å². The third kappa shape index (κ3) is 2.95. The number of ether oxygens (including phenoxy) is 1. The first-order chi connectivity index (χ1) is 9.84. The Labute approximate surface area is 117 Å². The second-order valence-electron chi connectivity index (χ2n) is 4.64. The summed E-state index contributed by atoms with van der Waals surface area (Å²) >= 11 is 0. The summed E-state index contributed by atoms with van der Waals surface area (Å²) in [5.74, 6) is -0.106. The molecule has 1 aliphatic heterocycles. The monoisotopic (exact) mass is 265 g/mol. The average Bonchev–Trinajstić information content (AvgIpc) is 3.30. The van der Waals surface area contributed by atoms with E-state index in [9.17, 15) is 4.79 Å². The minimum Gasteiger partial charge on any atom is -0.354 e. The molecule has 1 saturated heterocycles. The van der Waals surface area contributed by atoms with Crippen LogP contribution >= 0.6 is 0 Å². The Hall–Kier alpha value is -2.39. The summed E-state index contributed by atoms with van der Waals surface area (Å²) in [5.41, 5.74) is 2.09. The third-order valence-corrected chi connectivity index (χ3v) is 3.18. The van der Waals surface area contributed by atoms with Gasteiger partial charge in [-0.15, -0.1) is 0 Å². The van der Waals surface area contributed by atoms with Gasteiger partial charge in [-0.3, -0.25) is 4.79 Å². The first-order valence-corrected chi connectivity index (χ1v) is 6.57. The van der Waals surface area contributed by atoms with Crippen LogP contribution in [-0.4, -0.2) is 12.0 Å². The lowest BCUT2D eigenvalue weighted by Gasteiger charge is -1.97. The second-order valence-corrected chi connectivity index (χ2v) is 4.64. The van der Waals surface area contributed by atoms with Crippen molar-refractivity contribution in [2.45, 2.75) is 12.2 Å². The number of rotatable bonds is 4. The number of hydrogen-bond acceptors (Lipinski definition) is 2. The SMILES string of the molecule is O=C(N/C=C\c1ccccc1)[C@H]1O[C@H]1c1ccccc1. The number of epoxide rings is 1. The van der Waals surface area contributed by atoms with E-state index in [2.05, 4.69) is 5.32 Å². The van der Waals surface area contributed by atoms with Crippen LogP contribution in [-0.2, 0) is 9.53 Å². The van der Waals surface area contributed by atoms with Crippen LogP contribution in [0.4, 0.5) is 0 Å². The van der Waals surface area contributed by atoms with Gasteiger partial charge < -0.3 is 10.1 Å². The Kier molecular flexibility index (Phi) is 3.61. The summed E-state index contributed by atoms with van der Waals surface area (Å²) < 4.78 is 5.42. The fraction of sp³-hybridized carbons (Fsp3) is 0.118. The van der Waals surface area contributed by atoms with Gasteiger partial charge in [0.1, 0.15) is 6.10 Å². The highest BCUT2D eigenvalue weighted by atomic mass is 16.6. The lowest BCUT2D eigenvalue weighted by atomic mass is 10.1. The molecule has 1 heterocycles. The molecule has 0 bridgehead atoms. The summed E-state index contributed by atoms with van der Waals surface area (Å²) in [6, 6.07) is 19.6. The number of nitrogens with one attached hydrogen (secondary N) is 1. The Morgan fingerprint density at radius 1 is 1.00 bits per heavy atom. The van der Waals surface area contributed by atoms with E-state index < -0.39 is 0 Å². The van der Waals surface area contributed by atoms with Crippen molar-refractivity contribution in [3.63, 3.8) is 0 Å². The molecule has 100 valence electrons. The molecule has 0 radical (unpaired) electrons. The molecular formula is C17H15NO2. The summed E-state index contributed by atoms with van der Waals surface area (Å²) in [5, 5.41) is 2.75. The Balaban J connectivity index is 1.53. The van der Waals surface area contributed by atoms with Crippen molar-refractivity contribution < 1.29 is 9.53 Å². The topological polar surface area (TPSA) is 41.6 Å². The van der Waals surface area contributed by atoms with Crippen molar-refractivity contribution in [2.75, 3.05) is 0 Å². The molecule has 2 aromatic carbocycles.